The molecule has 0 amide bonds. The summed E-state index contributed by atoms with van der Waals surface area (Å²) in [6.07, 6.45) is -4.12. The molecular weight excluding hydrogens is 231 g/mol. The number of alkyl halides is 3. The summed E-state index contributed by atoms with van der Waals surface area (Å²) in [5.74, 6) is 0.196. The second-order valence-corrected chi connectivity index (χ2v) is 3.92. The molecule has 2 nitrogen and oxygen atoms in total. The minimum Gasteiger partial charge on any atom is -0.508 e. The van der Waals surface area contributed by atoms with E-state index in [4.69, 9.17) is 0 Å². The Labute approximate surface area is 98.5 Å². The van der Waals surface area contributed by atoms with Gasteiger partial charge < -0.3 is 10.4 Å². The molecule has 0 aliphatic rings. The Hall–Kier alpha value is -1.23. The SMILES string of the molecule is Oc1cccc(CNCCCCC(F)(F)F)c1. The van der Waals surface area contributed by atoms with E-state index in [9.17, 15) is 18.3 Å². The van der Waals surface area contributed by atoms with Crippen molar-refractivity contribution in [1.29, 1.82) is 0 Å². The van der Waals surface area contributed by atoms with E-state index in [1.165, 1.54) is 0 Å². The van der Waals surface area contributed by atoms with E-state index in [0.717, 1.165) is 5.56 Å². The van der Waals surface area contributed by atoms with Crippen LogP contribution in [0.5, 0.6) is 5.75 Å². The van der Waals surface area contributed by atoms with Gasteiger partial charge in [0.2, 0.25) is 0 Å². The van der Waals surface area contributed by atoms with Crippen molar-refractivity contribution in [2.75, 3.05) is 6.54 Å². The number of unbranched alkanes of at least 4 members (excludes halogenated alkanes) is 1. The number of phenolic OH excluding ortho intramolecular Hbond substituents is 1. The highest BCUT2D eigenvalue weighted by Gasteiger charge is 2.25. The van der Waals surface area contributed by atoms with E-state index in [1.54, 1.807) is 18.2 Å². The van der Waals surface area contributed by atoms with Gasteiger partial charge in [-0.25, -0.2) is 0 Å². The standard InChI is InChI=1S/C12H16F3NO/c13-12(14,15)6-1-2-7-16-9-10-4-3-5-11(17)8-10/h3-5,8,16-17H,1-2,6-7,9H2. The summed E-state index contributed by atoms with van der Waals surface area (Å²) in [5, 5.41) is 12.2. The van der Waals surface area contributed by atoms with Gasteiger partial charge in [0, 0.05) is 13.0 Å². The van der Waals surface area contributed by atoms with E-state index < -0.39 is 12.6 Å². The van der Waals surface area contributed by atoms with Gasteiger partial charge in [0.05, 0.1) is 0 Å². The first-order valence-corrected chi connectivity index (χ1v) is 5.53. The summed E-state index contributed by atoms with van der Waals surface area (Å²) >= 11 is 0. The van der Waals surface area contributed by atoms with Crippen LogP contribution in [0.15, 0.2) is 24.3 Å². The normalized spacial score (nSPS) is 11.7. The Balaban J connectivity index is 2.09. The Morgan fingerprint density at radius 1 is 1.18 bits per heavy atom. The van der Waals surface area contributed by atoms with Crippen LogP contribution in [0.3, 0.4) is 0 Å². The van der Waals surface area contributed by atoms with E-state index in [-0.39, 0.29) is 12.2 Å². The third kappa shape index (κ3) is 6.84. The third-order valence-corrected chi connectivity index (χ3v) is 2.30. The van der Waals surface area contributed by atoms with Crippen molar-refractivity contribution in [2.24, 2.45) is 0 Å². The Kier molecular flexibility index (Phi) is 5.28. The highest BCUT2D eigenvalue weighted by Crippen LogP contribution is 2.21. The lowest BCUT2D eigenvalue weighted by Crippen LogP contribution is -2.15. The average molecular weight is 247 g/mol. The number of halogens is 3. The summed E-state index contributed by atoms with van der Waals surface area (Å²) in [4.78, 5) is 0. The predicted octanol–water partition coefficient (Wildman–Crippen LogP) is 3.21. The number of hydrogen-bond donors (Lipinski definition) is 2. The van der Waals surface area contributed by atoms with Crippen LogP contribution in [0.4, 0.5) is 13.2 Å². The molecule has 5 heteroatoms. The van der Waals surface area contributed by atoms with Gasteiger partial charge in [-0.3, -0.25) is 0 Å². The smallest absolute Gasteiger partial charge is 0.389 e. The van der Waals surface area contributed by atoms with Gasteiger partial charge in [-0.15, -0.1) is 0 Å². The van der Waals surface area contributed by atoms with Crippen LogP contribution in [0.1, 0.15) is 24.8 Å². The molecule has 0 heterocycles. The summed E-state index contributed by atoms with van der Waals surface area (Å²) in [6, 6.07) is 6.79. The van der Waals surface area contributed by atoms with E-state index >= 15 is 0 Å². The average Bonchev–Trinajstić information content (AvgIpc) is 2.22. The maximum Gasteiger partial charge on any atom is 0.389 e. The fourth-order valence-electron chi connectivity index (χ4n) is 1.47. The van der Waals surface area contributed by atoms with Crippen molar-refractivity contribution in [3.05, 3.63) is 29.8 Å². The summed E-state index contributed by atoms with van der Waals surface area (Å²) < 4.78 is 35.5. The molecule has 0 fully saturated rings. The second kappa shape index (κ2) is 6.49. The molecule has 0 atom stereocenters. The van der Waals surface area contributed by atoms with Crippen LogP contribution in [0.25, 0.3) is 0 Å². The van der Waals surface area contributed by atoms with Gasteiger partial charge in [0.15, 0.2) is 0 Å². The zero-order chi connectivity index (χ0) is 12.7. The van der Waals surface area contributed by atoms with Gasteiger partial charge in [0.25, 0.3) is 0 Å². The lowest BCUT2D eigenvalue weighted by molar-refractivity contribution is -0.135. The van der Waals surface area contributed by atoms with Crippen molar-refractivity contribution >= 4 is 0 Å². The van der Waals surface area contributed by atoms with Crippen LogP contribution < -0.4 is 5.32 Å². The largest absolute Gasteiger partial charge is 0.508 e. The molecule has 0 saturated heterocycles. The number of benzene rings is 1. The molecule has 2 N–H and O–H groups in total. The van der Waals surface area contributed by atoms with E-state index in [2.05, 4.69) is 5.32 Å². The Morgan fingerprint density at radius 2 is 1.94 bits per heavy atom. The molecule has 0 saturated carbocycles. The number of rotatable bonds is 6. The fraction of sp³-hybridized carbons (Fsp3) is 0.500. The van der Waals surface area contributed by atoms with Gasteiger partial charge >= 0.3 is 6.18 Å². The molecular formula is C12H16F3NO. The lowest BCUT2D eigenvalue weighted by atomic mass is 10.2. The first-order chi connectivity index (χ1) is 7.97. The number of nitrogens with one attached hydrogen (secondary N) is 1. The molecule has 1 aromatic carbocycles. The van der Waals surface area contributed by atoms with Crippen LogP contribution >= 0.6 is 0 Å². The molecule has 17 heavy (non-hydrogen) atoms. The van der Waals surface area contributed by atoms with Crippen molar-refractivity contribution in [3.8, 4) is 5.75 Å². The van der Waals surface area contributed by atoms with Crippen LogP contribution in [0, 0.1) is 0 Å². The predicted molar refractivity (Wildman–Crippen MR) is 59.7 cm³/mol. The molecule has 0 radical (unpaired) electrons. The van der Waals surface area contributed by atoms with E-state index in [0.29, 0.717) is 19.5 Å². The maximum absolute atomic E-state index is 11.8. The summed E-state index contributed by atoms with van der Waals surface area (Å²) in [7, 11) is 0. The zero-order valence-electron chi connectivity index (χ0n) is 9.43. The zero-order valence-corrected chi connectivity index (χ0v) is 9.43. The highest BCUT2D eigenvalue weighted by molar-refractivity contribution is 5.26. The van der Waals surface area contributed by atoms with E-state index in [1.807, 2.05) is 6.07 Å². The molecule has 1 aromatic rings. The third-order valence-electron chi connectivity index (χ3n) is 2.30. The van der Waals surface area contributed by atoms with Crippen LogP contribution in [0.2, 0.25) is 0 Å². The molecule has 1 rings (SSSR count). The summed E-state index contributed by atoms with van der Waals surface area (Å²) in [6.45, 7) is 1.10. The Bertz CT molecular complexity index is 339. The first kappa shape index (κ1) is 13.8. The summed E-state index contributed by atoms with van der Waals surface area (Å²) in [5.41, 5.74) is 0.917. The highest BCUT2D eigenvalue weighted by atomic mass is 19.4. The minimum atomic E-state index is -4.05. The topological polar surface area (TPSA) is 32.3 Å². The lowest BCUT2D eigenvalue weighted by Gasteiger charge is -2.07. The molecule has 96 valence electrons. The minimum absolute atomic E-state index is 0.149. The van der Waals surface area contributed by atoms with Gasteiger partial charge in [-0.2, -0.15) is 13.2 Å². The maximum atomic E-state index is 11.8. The molecule has 0 aromatic heterocycles. The number of aromatic hydroxyl groups is 1. The molecule has 0 aliphatic heterocycles. The van der Waals surface area contributed by atoms with Crippen LogP contribution in [-0.4, -0.2) is 17.8 Å². The quantitative estimate of drug-likeness (QED) is 0.756. The monoisotopic (exact) mass is 247 g/mol. The molecule has 0 unspecified atom stereocenters. The number of phenols is 1. The van der Waals surface area contributed by atoms with Crippen molar-refractivity contribution < 1.29 is 18.3 Å². The Morgan fingerprint density at radius 3 is 2.59 bits per heavy atom. The fourth-order valence-corrected chi connectivity index (χ4v) is 1.47. The van der Waals surface area contributed by atoms with Gasteiger partial charge in [0.1, 0.15) is 5.75 Å². The van der Waals surface area contributed by atoms with Gasteiger partial charge in [-0.1, -0.05) is 12.1 Å². The molecule has 0 aliphatic carbocycles. The second-order valence-electron chi connectivity index (χ2n) is 3.92. The number of hydrogen-bond acceptors (Lipinski definition) is 2. The first-order valence-electron chi connectivity index (χ1n) is 5.53. The van der Waals surface area contributed by atoms with Crippen LogP contribution in [-0.2, 0) is 6.54 Å². The van der Waals surface area contributed by atoms with Crippen molar-refractivity contribution in [2.45, 2.75) is 32.0 Å². The van der Waals surface area contributed by atoms with Crippen molar-refractivity contribution in [1.82, 2.24) is 5.32 Å². The molecule has 0 spiro atoms. The molecule has 0 bridgehead atoms. The van der Waals surface area contributed by atoms with Crippen molar-refractivity contribution in [3.63, 3.8) is 0 Å². The van der Waals surface area contributed by atoms with Gasteiger partial charge in [-0.05, 0) is 37.1 Å².